The summed E-state index contributed by atoms with van der Waals surface area (Å²) in [5.74, 6) is -0.144. The normalized spacial score (nSPS) is 12.7. The van der Waals surface area contributed by atoms with Gasteiger partial charge in [0.05, 0.1) is 5.84 Å². The van der Waals surface area contributed by atoms with E-state index in [1.165, 1.54) is 0 Å². The van der Waals surface area contributed by atoms with Gasteiger partial charge in [-0.1, -0.05) is 6.92 Å². The third kappa shape index (κ3) is 1.92. The van der Waals surface area contributed by atoms with Crippen molar-refractivity contribution in [3.05, 3.63) is 0 Å². The van der Waals surface area contributed by atoms with E-state index in [-0.39, 0.29) is 11.8 Å². The molecule has 4 N–H and O–H groups in total. The van der Waals surface area contributed by atoms with E-state index in [0.717, 1.165) is 6.21 Å². The quantitative estimate of drug-likeness (QED) is 0.336. The fourth-order valence-corrected chi connectivity index (χ4v) is 0.0898. The number of nitrogens with two attached hydrogens (primary N) is 1. The van der Waals surface area contributed by atoms with Crippen molar-refractivity contribution in [2.75, 3.05) is 0 Å². The Kier molecular flexibility index (Phi) is 2.05. The molecule has 1 atom stereocenters. The second kappa shape index (κ2) is 2.34. The molecule has 0 radical (unpaired) electrons. The van der Waals surface area contributed by atoms with Gasteiger partial charge in [0.2, 0.25) is 0 Å². The summed E-state index contributed by atoms with van der Waals surface area (Å²) in [6.07, 6.45) is 1.14. The predicted octanol–water partition coefficient (Wildman–Crippen LogP) is 0.208. The van der Waals surface area contributed by atoms with Crippen molar-refractivity contribution in [2.45, 2.75) is 6.92 Å². The van der Waals surface area contributed by atoms with Gasteiger partial charge >= 0.3 is 0 Å². The van der Waals surface area contributed by atoms with Crippen LogP contribution in [0.4, 0.5) is 0 Å². The third-order valence-corrected chi connectivity index (χ3v) is 0.741. The van der Waals surface area contributed by atoms with Crippen LogP contribution in [-0.4, -0.2) is 12.1 Å². The van der Waals surface area contributed by atoms with E-state index in [4.69, 9.17) is 16.6 Å². The van der Waals surface area contributed by atoms with Crippen LogP contribution in [0, 0.1) is 16.7 Å². The first-order valence-electron chi connectivity index (χ1n) is 2.03. The molecule has 0 heterocycles. The Balaban J connectivity index is 3.55. The monoisotopic (exact) mass is 99.1 g/mol. The first-order chi connectivity index (χ1) is 3.18. The van der Waals surface area contributed by atoms with Crippen molar-refractivity contribution >= 4 is 12.1 Å². The number of hydrogen-bond donors (Lipinski definition) is 3. The van der Waals surface area contributed by atoms with Gasteiger partial charge in [-0.05, 0) is 0 Å². The van der Waals surface area contributed by atoms with E-state index in [1.807, 2.05) is 0 Å². The second-order valence-electron chi connectivity index (χ2n) is 1.41. The molecule has 0 aliphatic carbocycles. The molecular weight excluding hydrogens is 90.1 g/mol. The van der Waals surface area contributed by atoms with E-state index in [9.17, 15) is 0 Å². The van der Waals surface area contributed by atoms with Crippen molar-refractivity contribution in [3.8, 4) is 0 Å². The molecule has 0 aromatic carbocycles. The van der Waals surface area contributed by atoms with Gasteiger partial charge in [0, 0.05) is 12.1 Å². The third-order valence-electron chi connectivity index (χ3n) is 0.741. The van der Waals surface area contributed by atoms with E-state index in [1.54, 1.807) is 6.92 Å². The average molecular weight is 99.1 g/mol. The van der Waals surface area contributed by atoms with Crippen LogP contribution in [0.3, 0.4) is 0 Å². The fraction of sp³-hybridized carbons (Fsp3) is 0.500. The van der Waals surface area contributed by atoms with Gasteiger partial charge in [0.15, 0.2) is 0 Å². The zero-order valence-corrected chi connectivity index (χ0v) is 4.23. The predicted molar refractivity (Wildman–Crippen MR) is 29.9 cm³/mol. The summed E-state index contributed by atoms with van der Waals surface area (Å²) < 4.78 is 0. The summed E-state index contributed by atoms with van der Waals surface area (Å²) >= 11 is 0. The molecular formula is C4H9N3. The molecule has 0 saturated carbocycles. The van der Waals surface area contributed by atoms with Crippen molar-refractivity contribution < 1.29 is 0 Å². The Morgan fingerprint density at radius 2 is 2.29 bits per heavy atom. The van der Waals surface area contributed by atoms with Gasteiger partial charge in [-0.3, -0.25) is 5.41 Å². The fourth-order valence-electron chi connectivity index (χ4n) is 0.0898. The molecule has 0 aromatic heterocycles. The Morgan fingerprint density at radius 3 is 2.29 bits per heavy atom. The van der Waals surface area contributed by atoms with Crippen LogP contribution in [0.25, 0.3) is 0 Å². The van der Waals surface area contributed by atoms with Gasteiger partial charge in [-0.15, -0.1) is 0 Å². The van der Waals surface area contributed by atoms with Crippen LogP contribution in [0.2, 0.25) is 0 Å². The number of hydrogen-bond acceptors (Lipinski definition) is 2. The maximum atomic E-state index is 6.73. The van der Waals surface area contributed by atoms with Crippen molar-refractivity contribution in [2.24, 2.45) is 11.7 Å². The minimum absolute atomic E-state index is 0.0509. The Hall–Kier alpha value is -0.860. The van der Waals surface area contributed by atoms with Gasteiger partial charge in [-0.25, -0.2) is 0 Å². The lowest BCUT2D eigenvalue weighted by atomic mass is 10.2. The van der Waals surface area contributed by atoms with Crippen LogP contribution < -0.4 is 5.73 Å². The van der Waals surface area contributed by atoms with E-state index in [0.29, 0.717) is 0 Å². The highest BCUT2D eigenvalue weighted by molar-refractivity contribution is 5.92. The smallest absolute Gasteiger partial charge is 0.0988 e. The SMILES string of the molecule is CC(C=N)C(=N)N. The highest BCUT2D eigenvalue weighted by atomic mass is 14.7. The molecule has 0 aliphatic heterocycles. The second-order valence-corrected chi connectivity index (χ2v) is 1.41. The van der Waals surface area contributed by atoms with Crippen molar-refractivity contribution in [1.82, 2.24) is 0 Å². The summed E-state index contributed by atoms with van der Waals surface area (Å²) in [4.78, 5) is 0. The lowest BCUT2D eigenvalue weighted by Gasteiger charge is -1.96. The summed E-state index contributed by atoms with van der Waals surface area (Å²) in [6.45, 7) is 1.70. The molecule has 40 valence electrons. The summed E-state index contributed by atoms with van der Waals surface area (Å²) in [5, 5.41) is 13.3. The van der Waals surface area contributed by atoms with E-state index >= 15 is 0 Å². The molecule has 7 heavy (non-hydrogen) atoms. The summed E-state index contributed by atoms with van der Waals surface area (Å²) in [6, 6.07) is 0. The molecule has 0 rings (SSSR count). The van der Waals surface area contributed by atoms with Crippen molar-refractivity contribution in [1.29, 1.82) is 10.8 Å². The van der Waals surface area contributed by atoms with Crippen LogP contribution >= 0.6 is 0 Å². The number of amidine groups is 1. The minimum Gasteiger partial charge on any atom is -0.387 e. The maximum absolute atomic E-state index is 6.73. The first kappa shape index (κ1) is 6.14. The van der Waals surface area contributed by atoms with Crippen LogP contribution in [0.5, 0.6) is 0 Å². The lowest BCUT2D eigenvalue weighted by Crippen LogP contribution is -2.19. The summed E-state index contributed by atoms with van der Waals surface area (Å²) in [7, 11) is 0. The highest BCUT2D eigenvalue weighted by Crippen LogP contribution is 1.83. The Bertz CT molecular complexity index is 86.9. The van der Waals surface area contributed by atoms with Crippen LogP contribution in [-0.2, 0) is 0 Å². The molecule has 0 spiro atoms. The molecule has 3 nitrogen and oxygen atoms in total. The Morgan fingerprint density at radius 1 is 1.86 bits per heavy atom. The molecule has 0 bridgehead atoms. The number of nitrogens with one attached hydrogen (secondary N) is 2. The molecule has 0 aliphatic rings. The molecule has 0 amide bonds. The zero-order chi connectivity index (χ0) is 5.86. The maximum Gasteiger partial charge on any atom is 0.0988 e. The molecule has 3 heteroatoms. The standard InChI is InChI=1S/C4H9N3/c1-3(2-5)4(6)7/h2-3,5H,1H3,(H3,6,7). The van der Waals surface area contributed by atoms with Crippen molar-refractivity contribution in [3.63, 3.8) is 0 Å². The lowest BCUT2D eigenvalue weighted by molar-refractivity contribution is 1.04. The largest absolute Gasteiger partial charge is 0.387 e. The minimum atomic E-state index is -0.194. The van der Waals surface area contributed by atoms with Gasteiger partial charge in [0.1, 0.15) is 0 Å². The van der Waals surface area contributed by atoms with Crippen LogP contribution in [0.15, 0.2) is 0 Å². The molecule has 0 saturated heterocycles. The van der Waals surface area contributed by atoms with Gasteiger partial charge in [0.25, 0.3) is 0 Å². The molecule has 1 unspecified atom stereocenters. The molecule has 0 fully saturated rings. The zero-order valence-electron chi connectivity index (χ0n) is 4.23. The number of rotatable bonds is 2. The van der Waals surface area contributed by atoms with E-state index in [2.05, 4.69) is 0 Å². The van der Waals surface area contributed by atoms with Crippen LogP contribution in [0.1, 0.15) is 6.92 Å². The Labute approximate surface area is 42.5 Å². The topological polar surface area (TPSA) is 73.7 Å². The molecule has 0 aromatic rings. The first-order valence-corrected chi connectivity index (χ1v) is 2.03. The highest BCUT2D eigenvalue weighted by Gasteiger charge is 1.96. The van der Waals surface area contributed by atoms with Gasteiger partial charge < -0.3 is 11.1 Å². The average Bonchev–Trinajstić information content (AvgIpc) is 1.65. The summed E-state index contributed by atoms with van der Waals surface area (Å²) in [5.41, 5.74) is 4.98. The van der Waals surface area contributed by atoms with E-state index < -0.39 is 0 Å². The van der Waals surface area contributed by atoms with Gasteiger partial charge in [-0.2, -0.15) is 0 Å².